The van der Waals surface area contributed by atoms with Gasteiger partial charge in [-0.25, -0.2) is 0 Å². The molecule has 1 aliphatic rings. The Labute approximate surface area is 215 Å². The molecule has 182 valence electrons. The van der Waals surface area contributed by atoms with Gasteiger partial charge < -0.3 is 14.2 Å². The lowest BCUT2D eigenvalue weighted by Gasteiger charge is -2.32. The van der Waals surface area contributed by atoms with Gasteiger partial charge in [0.1, 0.15) is 0 Å². The summed E-state index contributed by atoms with van der Waals surface area (Å²) in [5, 5.41) is 10.4. The summed E-state index contributed by atoms with van der Waals surface area (Å²) in [5.41, 5.74) is 2.94. The fourth-order valence-corrected chi connectivity index (χ4v) is 5.45. The molecule has 4 rings (SSSR count). The molecular formula is C27H27Cl2N3O3. The lowest BCUT2D eigenvalue weighted by atomic mass is 9.93. The number of ether oxygens (including phenoxy) is 1. The van der Waals surface area contributed by atoms with Crippen LogP contribution >= 0.6 is 23.2 Å². The number of nitriles is 1. The Kier molecular flexibility index (Phi) is 7.51. The van der Waals surface area contributed by atoms with Crippen molar-refractivity contribution in [3.63, 3.8) is 0 Å². The summed E-state index contributed by atoms with van der Waals surface area (Å²) < 4.78 is 6.91. The first-order chi connectivity index (χ1) is 16.8. The average Bonchev–Trinajstić information content (AvgIpc) is 3.19. The largest absolute Gasteiger partial charge is 0.385 e. The zero-order chi connectivity index (χ0) is 25.3. The molecule has 0 spiro atoms. The van der Waals surface area contributed by atoms with Gasteiger partial charge in [0.15, 0.2) is 0 Å². The van der Waals surface area contributed by atoms with Crippen molar-refractivity contribution in [1.29, 1.82) is 5.26 Å². The normalized spacial score (nSPS) is 14.3. The van der Waals surface area contributed by atoms with E-state index in [1.54, 1.807) is 54.0 Å². The predicted molar refractivity (Wildman–Crippen MR) is 137 cm³/mol. The van der Waals surface area contributed by atoms with Gasteiger partial charge in [-0.15, -0.1) is 0 Å². The van der Waals surface area contributed by atoms with E-state index in [4.69, 9.17) is 27.9 Å². The van der Waals surface area contributed by atoms with Crippen molar-refractivity contribution in [2.45, 2.75) is 26.2 Å². The van der Waals surface area contributed by atoms with Crippen LogP contribution in [0.15, 0.2) is 30.3 Å². The van der Waals surface area contributed by atoms with Gasteiger partial charge in [0.25, 0.3) is 5.91 Å². The van der Waals surface area contributed by atoms with Crippen LogP contribution in [0.4, 0.5) is 0 Å². The van der Waals surface area contributed by atoms with Crippen molar-refractivity contribution >= 4 is 45.8 Å². The fourth-order valence-electron chi connectivity index (χ4n) is 4.82. The molecule has 0 aliphatic carbocycles. The lowest BCUT2D eigenvalue weighted by molar-refractivity contribution is 0.0670. The van der Waals surface area contributed by atoms with Gasteiger partial charge in [-0.05, 0) is 68.0 Å². The highest BCUT2D eigenvalue weighted by molar-refractivity contribution is 6.42. The second kappa shape index (κ2) is 10.4. The van der Waals surface area contributed by atoms with Crippen molar-refractivity contribution in [3.8, 4) is 6.07 Å². The van der Waals surface area contributed by atoms with Gasteiger partial charge >= 0.3 is 0 Å². The first-order valence-electron chi connectivity index (χ1n) is 11.6. The van der Waals surface area contributed by atoms with Crippen molar-refractivity contribution in [2.75, 3.05) is 26.8 Å². The van der Waals surface area contributed by atoms with Gasteiger partial charge in [-0.1, -0.05) is 23.2 Å². The molecule has 0 atom stereocenters. The van der Waals surface area contributed by atoms with E-state index in [0.29, 0.717) is 30.3 Å². The van der Waals surface area contributed by atoms with Crippen LogP contribution in [0.2, 0.25) is 10.0 Å². The standard InChI is InChI=1S/C27H27Cl2N3O3/c1-16-12-18(15-30)13-22-20(16)14-23(31(22)2)26(33)24-21(28)5-4-19(25(24)29)27(34)32-9-6-17(7-10-32)8-11-35-3/h4-5,12-14,17H,6-11H2,1-3H3. The quantitative estimate of drug-likeness (QED) is 0.392. The Morgan fingerprint density at radius 3 is 2.54 bits per heavy atom. The summed E-state index contributed by atoms with van der Waals surface area (Å²) in [5.74, 6) is -0.0321. The van der Waals surface area contributed by atoms with E-state index in [1.165, 1.54) is 0 Å². The first-order valence-corrected chi connectivity index (χ1v) is 12.3. The smallest absolute Gasteiger partial charge is 0.255 e. The molecule has 0 N–H and O–H groups in total. The van der Waals surface area contributed by atoms with Gasteiger partial charge in [-0.3, -0.25) is 9.59 Å². The van der Waals surface area contributed by atoms with Crippen molar-refractivity contribution < 1.29 is 14.3 Å². The molecule has 35 heavy (non-hydrogen) atoms. The zero-order valence-corrected chi connectivity index (χ0v) is 21.5. The highest BCUT2D eigenvalue weighted by Gasteiger charge is 2.29. The number of methoxy groups -OCH3 is 1. The van der Waals surface area contributed by atoms with E-state index in [2.05, 4.69) is 6.07 Å². The van der Waals surface area contributed by atoms with Crippen molar-refractivity contribution in [2.24, 2.45) is 13.0 Å². The van der Waals surface area contributed by atoms with Crippen LogP contribution in [0.1, 0.15) is 56.8 Å². The highest BCUT2D eigenvalue weighted by atomic mass is 35.5. The van der Waals surface area contributed by atoms with E-state index >= 15 is 0 Å². The number of aromatic nitrogens is 1. The molecule has 0 bridgehead atoms. The molecule has 1 aromatic heterocycles. The third-order valence-corrected chi connectivity index (χ3v) is 7.62. The summed E-state index contributed by atoms with van der Waals surface area (Å²) in [6.45, 7) is 3.89. The number of nitrogens with zero attached hydrogens (tertiary/aromatic N) is 3. The minimum Gasteiger partial charge on any atom is -0.385 e. The number of fused-ring (bicyclic) bond motifs is 1. The molecular weight excluding hydrogens is 485 g/mol. The monoisotopic (exact) mass is 511 g/mol. The number of carbonyl (C=O) groups is 2. The number of rotatable bonds is 6. The summed E-state index contributed by atoms with van der Waals surface area (Å²) >= 11 is 13.1. The number of amides is 1. The molecule has 1 fully saturated rings. The van der Waals surface area contributed by atoms with E-state index in [0.717, 1.165) is 42.3 Å². The Hall–Kier alpha value is -2.85. The molecule has 0 radical (unpaired) electrons. The third-order valence-electron chi connectivity index (χ3n) is 6.91. The SMILES string of the molecule is COCCC1CCN(C(=O)c2ccc(Cl)c(C(=O)c3cc4c(C)cc(C#N)cc4n3C)c2Cl)CC1. The summed E-state index contributed by atoms with van der Waals surface area (Å²) in [4.78, 5) is 28.7. The van der Waals surface area contributed by atoms with E-state index in [1.807, 2.05) is 6.92 Å². The van der Waals surface area contributed by atoms with Crippen LogP contribution in [0.5, 0.6) is 0 Å². The van der Waals surface area contributed by atoms with Crippen molar-refractivity contribution in [1.82, 2.24) is 9.47 Å². The maximum atomic E-state index is 13.6. The zero-order valence-electron chi connectivity index (χ0n) is 20.0. The van der Waals surface area contributed by atoms with Crippen LogP contribution in [0.3, 0.4) is 0 Å². The van der Waals surface area contributed by atoms with Crippen LogP contribution in [0, 0.1) is 24.2 Å². The third kappa shape index (κ3) is 4.81. The number of halogens is 2. The predicted octanol–water partition coefficient (Wildman–Crippen LogP) is 5.78. The molecule has 6 nitrogen and oxygen atoms in total. The van der Waals surface area contributed by atoms with Crippen LogP contribution in [-0.4, -0.2) is 48.0 Å². The average molecular weight is 512 g/mol. The molecule has 2 aromatic carbocycles. The minimum absolute atomic E-state index is 0.0636. The topological polar surface area (TPSA) is 75.3 Å². The second-order valence-corrected chi connectivity index (χ2v) is 9.84. The Bertz CT molecular complexity index is 1350. The van der Waals surface area contributed by atoms with Crippen molar-refractivity contribution in [3.05, 3.63) is 68.3 Å². The second-order valence-electron chi connectivity index (χ2n) is 9.06. The highest BCUT2D eigenvalue weighted by Crippen LogP contribution is 2.34. The molecule has 8 heteroatoms. The van der Waals surface area contributed by atoms with Crippen LogP contribution < -0.4 is 0 Å². The fraction of sp³-hybridized carbons (Fsp3) is 0.370. The van der Waals surface area contributed by atoms with E-state index in [9.17, 15) is 14.9 Å². The number of hydrogen-bond acceptors (Lipinski definition) is 4. The molecule has 1 saturated heterocycles. The van der Waals surface area contributed by atoms with Gasteiger partial charge in [-0.2, -0.15) is 5.26 Å². The molecule has 2 heterocycles. The maximum Gasteiger partial charge on any atom is 0.255 e. The lowest BCUT2D eigenvalue weighted by Crippen LogP contribution is -2.39. The summed E-state index contributed by atoms with van der Waals surface area (Å²) in [7, 11) is 3.46. The number of carbonyl (C=O) groups excluding carboxylic acids is 2. The van der Waals surface area contributed by atoms with Gasteiger partial charge in [0, 0.05) is 44.8 Å². The molecule has 1 aliphatic heterocycles. The number of likely N-dealkylation sites (tertiary alicyclic amines) is 1. The Morgan fingerprint density at radius 1 is 1.17 bits per heavy atom. The molecule has 0 saturated carbocycles. The Balaban J connectivity index is 1.65. The number of ketones is 1. The molecule has 0 unspecified atom stereocenters. The van der Waals surface area contributed by atoms with Crippen LogP contribution in [-0.2, 0) is 11.8 Å². The summed E-state index contributed by atoms with van der Waals surface area (Å²) in [6.07, 6.45) is 2.80. The first kappa shape index (κ1) is 25.2. The molecule has 3 aromatic rings. The minimum atomic E-state index is -0.371. The number of hydrogen-bond donors (Lipinski definition) is 0. The number of aryl methyl sites for hydroxylation is 2. The number of benzene rings is 2. The summed E-state index contributed by atoms with van der Waals surface area (Å²) in [6, 6.07) is 10.6. The Morgan fingerprint density at radius 2 is 1.89 bits per heavy atom. The number of piperidine rings is 1. The van der Waals surface area contributed by atoms with E-state index < -0.39 is 0 Å². The van der Waals surface area contributed by atoms with Gasteiger partial charge in [0.2, 0.25) is 5.78 Å². The van der Waals surface area contributed by atoms with Crippen LogP contribution in [0.25, 0.3) is 10.9 Å². The molecule has 1 amide bonds. The maximum absolute atomic E-state index is 13.6. The van der Waals surface area contributed by atoms with E-state index in [-0.39, 0.29) is 32.9 Å². The van der Waals surface area contributed by atoms with Gasteiger partial charge in [0.05, 0.1) is 38.5 Å².